The second kappa shape index (κ2) is 5.70. The van der Waals surface area contributed by atoms with Crippen molar-refractivity contribution in [1.82, 2.24) is 9.47 Å². The highest BCUT2D eigenvalue weighted by Gasteiger charge is 2.37. The van der Waals surface area contributed by atoms with Gasteiger partial charge in [-0.1, -0.05) is 23.8 Å². The lowest BCUT2D eigenvalue weighted by Crippen LogP contribution is -2.43. The number of halogens is 1. The standard InChI is InChI=1S/C22H21FN2O/c1-14-9-10-19-17(13-14)15-6-4-8-20-21(15)24(19)11-12-25(20)22(26)16-5-2-3-7-18(16)23/h2-3,5,7,9-10,13,20H,4,6,8,11-12H2,1H3/t20-/m0/s1. The first-order valence-corrected chi connectivity index (χ1v) is 9.32. The van der Waals surface area contributed by atoms with E-state index >= 15 is 0 Å². The second-order valence-corrected chi connectivity index (χ2v) is 7.42. The summed E-state index contributed by atoms with van der Waals surface area (Å²) in [4.78, 5) is 15.0. The molecular weight excluding hydrogens is 327 g/mol. The van der Waals surface area contributed by atoms with Crippen molar-refractivity contribution in [2.45, 2.75) is 38.8 Å². The van der Waals surface area contributed by atoms with Crippen molar-refractivity contribution in [3.63, 3.8) is 0 Å². The minimum Gasteiger partial charge on any atom is -0.341 e. The van der Waals surface area contributed by atoms with Gasteiger partial charge in [-0.15, -0.1) is 0 Å². The van der Waals surface area contributed by atoms with E-state index in [1.54, 1.807) is 18.2 Å². The molecule has 0 saturated heterocycles. The van der Waals surface area contributed by atoms with E-state index in [1.807, 2.05) is 4.90 Å². The lowest BCUT2D eigenvalue weighted by atomic mass is 9.89. The van der Waals surface area contributed by atoms with Gasteiger partial charge in [0.25, 0.3) is 5.91 Å². The molecule has 4 heteroatoms. The number of carbonyl (C=O) groups is 1. The van der Waals surface area contributed by atoms with Gasteiger partial charge in [0.05, 0.1) is 11.6 Å². The first kappa shape index (κ1) is 15.6. The molecule has 0 radical (unpaired) electrons. The van der Waals surface area contributed by atoms with Crippen molar-refractivity contribution in [3.8, 4) is 0 Å². The van der Waals surface area contributed by atoms with Crippen LogP contribution in [0.15, 0.2) is 42.5 Å². The average molecular weight is 348 g/mol. The fourth-order valence-electron chi connectivity index (χ4n) is 4.75. The third kappa shape index (κ3) is 2.14. The van der Waals surface area contributed by atoms with Crippen LogP contribution in [0.5, 0.6) is 0 Å². The second-order valence-electron chi connectivity index (χ2n) is 7.42. The summed E-state index contributed by atoms with van der Waals surface area (Å²) in [6.45, 7) is 3.52. The van der Waals surface area contributed by atoms with E-state index in [-0.39, 0.29) is 17.5 Å². The number of rotatable bonds is 1. The number of aryl methyl sites for hydroxylation is 2. The molecule has 1 atom stereocenters. The van der Waals surface area contributed by atoms with E-state index in [2.05, 4.69) is 29.7 Å². The van der Waals surface area contributed by atoms with E-state index < -0.39 is 5.82 Å². The third-order valence-corrected chi connectivity index (χ3v) is 5.89. The Bertz CT molecular complexity index is 1040. The van der Waals surface area contributed by atoms with Crippen LogP contribution < -0.4 is 0 Å². The maximum absolute atomic E-state index is 14.2. The van der Waals surface area contributed by atoms with Gasteiger partial charge in [0.15, 0.2) is 0 Å². The van der Waals surface area contributed by atoms with Crippen LogP contribution in [0.25, 0.3) is 10.9 Å². The number of fused-ring (bicyclic) bond motifs is 3. The topological polar surface area (TPSA) is 25.2 Å². The lowest BCUT2D eigenvalue weighted by molar-refractivity contribution is 0.0596. The summed E-state index contributed by atoms with van der Waals surface area (Å²) in [5.41, 5.74) is 5.36. The fraction of sp³-hybridized carbons (Fsp3) is 0.318. The molecule has 0 unspecified atom stereocenters. The number of hydrogen-bond donors (Lipinski definition) is 0. The molecule has 3 nitrogen and oxygen atoms in total. The van der Waals surface area contributed by atoms with Crippen molar-refractivity contribution in [3.05, 3.63) is 70.7 Å². The first-order chi connectivity index (χ1) is 12.6. The fourth-order valence-corrected chi connectivity index (χ4v) is 4.75. The van der Waals surface area contributed by atoms with Crippen LogP contribution in [-0.2, 0) is 13.0 Å². The molecule has 2 heterocycles. The van der Waals surface area contributed by atoms with Crippen LogP contribution in [0.4, 0.5) is 4.39 Å². The molecule has 0 spiro atoms. The number of aromatic nitrogens is 1. The molecule has 0 bridgehead atoms. The van der Waals surface area contributed by atoms with Crippen molar-refractivity contribution in [2.75, 3.05) is 6.54 Å². The number of nitrogens with zero attached hydrogens (tertiary/aromatic N) is 2. The van der Waals surface area contributed by atoms with Crippen LogP contribution in [-0.4, -0.2) is 21.9 Å². The molecule has 0 saturated carbocycles. The van der Waals surface area contributed by atoms with E-state index in [4.69, 9.17) is 0 Å². The molecule has 1 aromatic heterocycles. The quantitative estimate of drug-likeness (QED) is 0.630. The van der Waals surface area contributed by atoms with Crippen molar-refractivity contribution in [1.29, 1.82) is 0 Å². The average Bonchev–Trinajstić information content (AvgIpc) is 2.97. The molecule has 26 heavy (non-hydrogen) atoms. The van der Waals surface area contributed by atoms with E-state index in [0.29, 0.717) is 6.54 Å². The van der Waals surface area contributed by atoms with Crippen LogP contribution in [0.1, 0.15) is 46.1 Å². The Balaban J connectivity index is 1.64. The van der Waals surface area contributed by atoms with Gasteiger partial charge < -0.3 is 9.47 Å². The monoisotopic (exact) mass is 348 g/mol. The Morgan fingerprint density at radius 2 is 2.00 bits per heavy atom. The van der Waals surface area contributed by atoms with Crippen LogP contribution in [0.3, 0.4) is 0 Å². The maximum Gasteiger partial charge on any atom is 0.257 e. The highest BCUT2D eigenvalue weighted by atomic mass is 19.1. The van der Waals surface area contributed by atoms with Gasteiger partial charge in [-0.3, -0.25) is 4.79 Å². The summed E-state index contributed by atoms with van der Waals surface area (Å²) in [7, 11) is 0. The molecule has 132 valence electrons. The smallest absolute Gasteiger partial charge is 0.257 e. The summed E-state index contributed by atoms with van der Waals surface area (Å²) >= 11 is 0. The van der Waals surface area contributed by atoms with Crippen molar-refractivity contribution in [2.24, 2.45) is 0 Å². The molecule has 3 aromatic rings. The molecule has 1 aliphatic heterocycles. The number of carbonyl (C=O) groups excluding carboxylic acids is 1. The Hall–Kier alpha value is -2.62. The van der Waals surface area contributed by atoms with E-state index in [1.165, 1.54) is 33.8 Å². The Morgan fingerprint density at radius 1 is 1.15 bits per heavy atom. The number of benzene rings is 2. The Labute approximate surface area is 152 Å². The predicted octanol–water partition coefficient (Wildman–Crippen LogP) is 4.62. The zero-order chi connectivity index (χ0) is 17.8. The minimum atomic E-state index is -0.435. The van der Waals surface area contributed by atoms with Gasteiger partial charge in [-0.05, 0) is 56.0 Å². The summed E-state index contributed by atoms with van der Waals surface area (Å²) < 4.78 is 16.6. The van der Waals surface area contributed by atoms with Gasteiger partial charge >= 0.3 is 0 Å². The molecule has 2 aliphatic rings. The number of amides is 1. The normalized spacial score (nSPS) is 18.8. The summed E-state index contributed by atoms with van der Waals surface area (Å²) in [5.74, 6) is -0.621. The number of hydrogen-bond acceptors (Lipinski definition) is 1. The highest BCUT2D eigenvalue weighted by molar-refractivity contribution is 5.95. The Kier molecular flexibility index (Phi) is 3.42. The Morgan fingerprint density at radius 3 is 2.85 bits per heavy atom. The summed E-state index contributed by atoms with van der Waals surface area (Å²) in [6.07, 6.45) is 3.06. The van der Waals surface area contributed by atoms with Gasteiger partial charge in [0.1, 0.15) is 5.82 Å². The highest BCUT2D eigenvalue weighted by Crippen LogP contribution is 2.43. The maximum atomic E-state index is 14.2. The summed E-state index contributed by atoms with van der Waals surface area (Å²) in [6, 6.07) is 13.0. The molecule has 0 fully saturated rings. The minimum absolute atomic E-state index is 0.0484. The largest absolute Gasteiger partial charge is 0.341 e. The zero-order valence-corrected chi connectivity index (χ0v) is 14.8. The zero-order valence-electron chi connectivity index (χ0n) is 14.8. The van der Waals surface area contributed by atoms with Crippen LogP contribution in [0.2, 0.25) is 0 Å². The molecule has 0 N–H and O–H groups in total. The van der Waals surface area contributed by atoms with Gasteiger partial charge in [-0.2, -0.15) is 0 Å². The van der Waals surface area contributed by atoms with Crippen molar-refractivity contribution < 1.29 is 9.18 Å². The predicted molar refractivity (Wildman–Crippen MR) is 99.8 cm³/mol. The van der Waals surface area contributed by atoms with Gasteiger partial charge in [0.2, 0.25) is 0 Å². The van der Waals surface area contributed by atoms with Gasteiger partial charge in [-0.25, -0.2) is 4.39 Å². The van der Waals surface area contributed by atoms with Crippen LogP contribution in [0, 0.1) is 12.7 Å². The van der Waals surface area contributed by atoms with E-state index in [0.717, 1.165) is 25.8 Å². The third-order valence-electron chi connectivity index (χ3n) is 5.89. The molecule has 1 aliphatic carbocycles. The van der Waals surface area contributed by atoms with Crippen molar-refractivity contribution >= 4 is 16.8 Å². The van der Waals surface area contributed by atoms with Crippen LogP contribution >= 0.6 is 0 Å². The lowest BCUT2D eigenvalue weighted by Gasteiger charge is -2.40. The first-order valence-electron chi connectivity index (χ1n) is 9.32. The molecule has 2 aromatic carbocycles. The molecular formula is C22H21FN2O. The van der Waals surface area contributed by atoms with Gasteiger partial charge in [0, 0.05) is 29.7 Å². The molecule has 5 rings (SSSR count). The van der Waals surface area contributed by atoms with E-state index in [9.17, 15) is 9.18 Å². The SMILES string of the molecule is Cc1ccc2c(c1)c1c3n2CCN(C(=O)c2ccccc2F)[C@H]3CCC1. The summed E-state index contributed by atoms with van der Waals surface area (Å²) in [5, 5.41) is 1.32. The molecule has 1 amide bonds.